The molecule has 4 aromatic rings. The highest BCUT2D eigenvalue weighted by molar-refractivity contribution is 5.95. The summed E-state index contributed by atoms with van der Waals surface area (Å²) in [4.78, 5) is 11.5. The lowest BCUT2D eigenvalue weighted by Crippen LogP contribution is -2.10. The van der Waals surface area contributed by atoms with Crippen molar-refractivity contribution in [2.45, 2.75) is 6.92 Å². The maximum Gasteiger partial charge on any atom is 0.248 e. The van der Waals surface area contributed by atoms with Gasteiger partial charge in [-0.1, -0.05) is 12.1 Å². The lowest BCUT2D eigenvalue weighted by Gasteiger charge is -2.11. The van der Waals surface area contributed by atoms with Crippen LogP contribution in [0.1, 0.15) is 15.9 Å². The van der Waals surface area contributed by atoms with Gasteiger partial charge in [0, 0.05) is 16.3 Å². The first-order valence-electron chi connectivity index (χ1n) is 8.61. The number of ether oxygens (including phenoxy) is 1. The average Bonchev–Trinajstić information content (AvgIpc) is 2.69. The number of carbonyl (C=O) groups is 1. The highest BCUT2D eigenvalue weighted by Crippen LogP contribution is 2.32. The summed E-state index contributed by atoms with van der Waals surface area (Å²) in [7, 11) is 0. The Bertz CT molecular complexity index is 1190. The highest BCUT2D eigenvalue weighted by Gasteiger charge is 2.11. The Hall–Kier alpha value is -3.80. The first kappa shape index (κ1) is 17.6. The van der Waals surface area contributed by atoms with Crippen LogP contribution in [0.25, 0.3) is 21.9 Å². The zero-order chi connectivity index (χ0) is 19.7. The molecule has 0 aliphatic rings. The molecule has 0 radical (unpaired) electrons. The lowest BCUT2D eigenvalue weighted by molar-refractivity contribution is 0.100. The molecule has 0 unspecified atom stereocenters. The number of benzene rings is 3. The summed E-state index contributed by atoms with van der Waals surface area (Å²) in [6.45, 7) is 1.97. The normalized spacial score (nSPS) is 10.8. The molecule has 6 heteroatoms. The van der Waals surface area contributed by atoms with Crippen molar-refractivity contribution in [3.05, 3.63) is 83.8 Å². The van der Waals surface area contributed by atoms with Gasteiger partial charge in [-0.2, -0.15) is 5.10 Å². The van der Waals surface area contributed by atoms with Gasteiger partial charge < -0.3 is 10.5 Å². The van der Waals surface area contributed by atoms with Gasteiger partial charge in [0.05, 0.1) is 6.20 Å². The number of halogens is 1. The molecule has 1 heterocycles. The molecule has 0 fully saturated rings. The van der Waals surface area contributed by atoms with Crippen LogP contribution in [0.2, 0.25) is 0 Å². The van der Waals surface area contributed by atoms with Gasteiger partial charge in [-0.05, 0) is 72.1 Å². The van der Waals surface area contributed by atoms with Gasteiger partial charge in [0.25, 0.3) is 0 Å². The third-order valence-electron chi connectivity index (χ3n) is 4.49. The number of amides is 1. The lowest BCUT2D eigenvalue weighted by atomic mass is 9.96. The highest BCUT2D eigenvalue weighted by atomic mass is 19.1. The monoisotopic (exact) mass is 373 g/mol. The van der Waals surface area contributed by atoms with Gasteiger partial charge in [0.2, 0.25) is 11.8 Å². The van der Waals surface area contributed by atoms with Crippen LogP contribution in [0.3, 0.4) is 0 Å². The second-order valence-corrected chi connectivity index (χ2v) is 6.40. The fourth-order valence-corrected chi connectivity index (χ4v) is 3.01. The summed E-state index contributed by atoms with van der Waals surface area (Å²) in [5.74, 6) is -0.00649. The van der Waals surface area contributed by atoms with Gasteiger partial charge in [-0.25, -0.2) is 4.39 Å². The Morgan fingerprint density at radius 1 is 1.04 bits per heavy atom. The second-order valence-electron chi connectivity index (χ2n) is 6.40. The molecule has 4 rings (SSSR count). The van der Waals surface area contributed by atoms with Crippen LogP contribution in [0.5, 0.6) is 11.6 Å². The number of aryl methyl sites for hydroxylation is 1. The summed E-state index contributed by atoms with van der Waals surface area (Å²) < 4.78 is 18.8. The summed E-state index contributed by atoms with van der Waals surface area (Å²) in [6, 6.07) is 16.8. The Balaban J connectivity index is 1.76. The van der Waals surface area contributed by atoms with Crippen molar-refractivity contribution in [2.75, 3.05) is 0 Å². The Morgan fingerprint density at radius 3 is 2.57 bits per heavy atom. The SMILES string of the molecule is Cc1ccc(C(N)=O)cc1-c1ccc2c(Oc3ccc(F)cc3)nncc2c1. The third-order valence-corrected chi connectivity index (χ3v) is 4.49. The molecule has 5 nitrogen and oxygen atoms in total. The molecule has 28 heavy (non-hydrogen) atoms. The van der Waals surface area contributed by atoms with Gasteiger partial charge >= 0.3 is 0 Å². The van der Waals surface area contributed by atoms with Gasteiger partial charge in [0.1, 0.15) is 11.6 Å². The Kier molecular flexibility index (Phi) is 4.45. The van der Waals surface area contributed by atoms with Crippen LogP contribution in [0.15, 0.2) is 66.9 Å². The molecule has 1 amide bonds. The molecule has 138 valence electrons. The molecule has 0 saturated carbocycles. The van der Waals surface area contributed by atoms with Crippen LogP contribution in [0, 0.1) is 12.7 Å². The van der Waals surface area contributed by atoms with E-state index in [-0.39, 0.29) is 5.82 Å². The van der Waals surface area contributed by atoms with E-state index in [1.807, 2.05) is 31.2 Å². The minimum Gasteiger partial charge on any atom is -0.437 e. The zero-order valence-electron chi connectivity index (χ0n) is 15.0. The smallest absolute Gasteiger partial charge is 0.248 e. The third kappa shape index (κ3) is 3.40. The van der Waals surface area contributed by atoms with Crippen molar-refractivity contribution in [3.8, 4) is 22.8 Å². The van der Waals surface area contributed by atoms with Gasteiger partial charge in [-0.15, -0.1) is 5.10 Å². The Morgan fingerprint density at radius 2 is 1.82 bits per heavy atom. The Labute approximate surface area is 160 Å². The second kappa shape index (κ2) is 7.08. The van der Waals surface area contributed by atoms with Crippen molar-refractivity contribution in [1.29, 1.82) is 0 Å². The molecular formula is C22H16FN3O2. The van der Waals surface area contributed by atoms with E-state index in [4.69, 9.17) is 10.5 Å². The number of aromatic nitrogens is 2. The van der Waals surface area contributed by atoms with Crippen molar-refractivity contribution in [1.82, 2.24) is 10.2 Å². The average molecular weight is 373 g/mol. The van der Waals surface area contributed by atoms with Crippen molar-refractivity contribution >= 4 is 16.7 Å². The summed E-state index contributed by atoms with van der Waals surface area (Å²) in [5, 5.41) is 9.66. The number of primary amides is 1. The molecule has 0 atom stereocenters. The van der Waals surface area contributed by atoms with E-state index in [1.54, 1.807) is 18.3 Å². The fraction of sp³-hybridized carbons (Fsp3) is 0.0455. The topological polar surface area (TPSA) is 78.1 Å². The van der Waals surface area contributed by atoms with Crippen molar-refractivity contribution < 1.29 is 13.9 Å². The number of nitrogens with zero attached hydrogens (tertiary/aromatic N) is 2. The molecule has 0 aliphatic heterocycles. The molecule has 0 spiro atoms. The zero-order valence-corrected chi connectivity index (χ0v) is 15.0. The maximum absolute atomic E-state index is 13.1. The van der Waals surface area contributed by atoms with Crippen LogP contribution >= 0.6 is 0 Å². The number of hydrogen-bond acceptors (Lipinski definition) is 4. The number of rotatable bonds is 4. The first-order chi connectivity index (χ1) is 13.5. The van der Waals surface area contributed by atoms with Gasteiger partial charge in [-0.3, -0.25) is 4.79 Å². The van der Waals surface area contributed by atoms with E-state index in [1.165, 1.54) is 24.3 Å². The quantitative estimate of drug-likeness (QED) is 0.565. The minimum atomic E-state index is -0.470. The van der Waals surface area contributed by atoms with E-state index in [9.17, 15) is 9.18 Å². The largest absolute Gasteiger partial charge is 0.437 e. The van der Waals surface area contributed by atoms with Gasteiger partial charge in [0.15, 0.2) is 0 Å². The fourth-order valence-electron chi connectivity index (χ4n) is 3.01. The van der Waals surface area contributed by atoms with E-state index in [2.05, 4.69) is 10.2 Å². The minimum absolute atomic E-state index is 0.332. The molecule has 0 saturated heterocycles. The van der Waals surface area contributed by atoms with E-state index in [0.29, 0.717) is 17.2 Å². The molecule has 3 aromatic carbocycles. The number of hydrogen-bond donors (Lipinski definition) is 1. The predicted molar refractivity (Wildman–Crippen MR) is 105 cm³/mol. The summed E-state index contributed by atoms with van der Waals surface area (Å²) in [6.07, 6.45) is 1.64. The first-order valence-corrected chi connectivity index (χ1v) is 8.61. The molecule has 1 aromatic heterocycles. The van der Waals surface area contributed by atoms with E-state index in [0.717, 1.165) is 27.5 Å². The summed E-state index contributed by atoms with van der Waals surface area (Å²) >= 11 is 0. The van der Waals surface area contributed by atoms with Crippen LogP contribution in [-0.4, -0.2) is 16.1 Å². The van der Waals surface area contributed by atoms with E-state index >= 15 is 0 Å². The van der Waals surface area contributed by atoms with Crippen LogP contribution < -0.4 is 10.5 Å². The van der Waals surface area contributed by atoms with E-state index < -0.39 is 5.91 Å². The standard InChI is InChI=1S/C22H16FN3O2/c1-13-2-3-15(21(24)27)11-20(13)14-4-9-19-16(10-14)12-25-26-22(19)28-18-7-5-17(23)6-8-18/h2-12H,1H3,(H2,24,27). The predicted octanol–water partition coefficient (Wildman–Crippen LogP) is 4.64. The molecule has 2 N–H and O–H groups in total. The van der Waals surface area contributed by atoms with Crippen molar-refractivity contribution in [2.24, 2.45) is 5.73 Å². The van der Waals surface area contributed by atoms with Crippen LogP contribution in [0.4, 0.5) is 4.39 Å². The number of fused-ring (bicyclic) bond motifs is 1. The molecular weight excluding hydrogens is 357 g/mol. The molecule has 0 aliphatic carbocycles. The number of nitrogens with two attached hydrogens (primary N) is 1. The number of carbonyl (C=O) groups excluding carboxylic acids is 1. The molecule has 0 bridgehead atoms. The summed E-state index contributed by atoms with van der Waals surface area (Å²) in [5.41, 5.74) is 8.72. The van der Waals surface area contributed by atoms with Crippen molar-refractivity contribution in [3.63, 3.8) is 0 Å². The maximum atomic E-state index is 13.1. The van der Waals surface area contributed by atoms with Crippen LogP contribution in [-0.2, 0) is 0 Å².